The van der Waals surface area contributed by atoms with Crippen LogP contribution in [0.5, 0.6) is 5.75 Å². The van der Waals surface area contributed by atoms with Crippen molar-refractivity contribution in [2.24, 2.45) is 0 Å². The fraction of sp³-hybridized carbons (Fsp3) is 0.273. The van der Waals surface area contributed by atoms with E-state index in [4.69, 9.17) is 14.7 Å². The van der Waals surface area contributed by atoms with Gasteiger partial charge in [-0.1, -0.05) is 49.6 Å². The first-order valence-corrected chi connectivity index (χ1v) is 14.0. The van der Waals surface area contributed by atoms with Crippen LogP contribution in [0.15, 0.2) is 72.9 Å². The number of benzene rings is 3. The Morgan fingerprint density at radius 2 is 1.80 bits per heavy atom. The first-order chi connectivity index (χ1) is 20.0. The first kappa shape index (κ1) is 26.5. The van der Waals surface area contributed by atoms with Crippen molar-refractivity contribution in [1.82, 2.24) is 20.3 Å². The third-order valence-corrected chi connectivity index (χ3v) is 7.96. The Hall–Kier alpha value is -4.72. The molecule has 3 N–H and O–H groups in total. The normalized spacial score (nSPS) is 14.7. The van der Waals surface area contributed by atoms with Crippen molar-refractivity contribution < 1.29 is 19.4 Å². The minimum absolute atomic E-state index is 0.121. The van der Waals surface area contributed by atoms with Gasteiger partial charge in [0.15, 0.2) is 0 Å². The molecule has 41 heavy (non-hydrogen) atoms. The van der Waals surface area contributed by atoms with Crippen LogP contribution in [0.3, 0.4) is 0 Å². The highest BCUT2D eigenvalue weighted by Crippen LogP contribution is 2.37. The number of nitrogens with one attached hydrogen (secondary N) is 2. The summed E-state index contributed by atoms with van der Waals surface area (Å²) in [5.41, 5.74) is 6.23. The monoisotopic (exact) mass is 548 g/mol. The van der Waals surface area contributed by atoms with Gasteiger partial charge in [-0.3, -0.25) is 4.79 Å². The lowest BCUT2D eigenvalue weighted by Crippen LogP contribution is -2.43. The van der Waals surface area contributed by atoms with Gasteiger partial charge in [0.1, 0.15) is 11.8 Å². The summed E-state index contributed by atoms with van der Waals surface area (Å²) in [4.78, 5) is 39.4. The van der Waals surface area contributed by atoms with Crippen LogP contribution >= 0.6 is 0 Å². The minimum atomic E-state index is -0.927. The Kier molecular flexibility index (Phi) is 7.37. The molecule has 208 valence electrons. The van der Waals surface area contributed by atoms with Crippen LogP contribution in [-0.2, 0) is 16.0 Å². The predicted octanol–water partition coefficient (Wildman–Crippen LogP) is 6.05. The number of H-pyrrole nitrogens is 1. The van der Waals surface area contributed by atoms with E-state index >= 15 is 0 Å². The second kappa shape index (κ2) is 11.4. The van der Waals surface area contributed by atoms with Gasteiger partial charge >= 0.3 is 5.97 Å². The highest BCUT2D eigenvalue weighted by Gasteiger charge is 2.26. The maximum absolute atomic E-state index is 13.4. The van der Waals surface area contributed by atoms with Crippen molar-refractivity contribution >= 4 is 33.8 Å². The van der Waals surface area contributed by atoms with Gasteiger partial charge in [-0.05, 0) is 54.8 Å². The van der Waals surface area contributed by atoms with E-state index in [0.717, 1.165) is 51.8 Å². The average molecular weight is 549 g/mol. The number of hydrogen-bond acceptors (Lipinski definition) is 6. The first-order valence-electron chi connectivity index (χ1n) is 14.0. The van der Waals surface area contributed by atoms with Crippen LogP contribution in [0.4, 0.5) is 0 Å². The number of phenols is 1. The molecule has 0 bridgehead atoms. The SMILES string of the molecule is COC(=O)[C@H](Cc1c[nH]c2ccc(O)cc12)NC(=O)c1ccc2nc(C3CCCCC3)c(-c3ccccc3)nc2c1. The minimum Gasteiger partial charge on any atom is -0.508 e. The summed E-state index contributed by atoms with van der Waals surface area (Å²) < 4.78 is 5.00. The maximum atomic E-state index is 13.4. The van der Waals surface area contributed by atoms with Crippen LogP contribution in [0, 0.1) is 0 Å². The Morgan fingerprint density at radius 1 is 1.00 bits per heavy atom. The number of esters is 1. The number of amides is 1. The summed E-state index contributed by atoms with van der Waals surface area (Å²) >= 11 is 0. The second-order valence-electron chi connectivity index (χ2n) is 10.7. The topological polar surface area (TPSA) is 117 Å². The zero-order chi connectivity index (χ0) is 28.3. The lowest BCUT2D eigenvalue weighted by Gasteiger charge is -2.23. The molecule has 1 atom stereocenters. The van der Waals surface area contributed by atoms with Crippen LogP contribution < -0.4 is 5.32 Å². The van der Waals surface area contributed by atoms with Gasteiger partial charge in [-0.2, -0.15) is 0 Å². The fourth-order valence-electron chi connectivity index (χ4n) is 5.81. The molecule has 1 saturated carbocycles. The van der Waals surface area contributed by atoms with Gasteiger partial charge < -0.3 is 20.1 Å². The summed E-state index contributed by atoms with van der Waals surface area (Å²) in [6.07, 6.45) is 7.81. The van der Waals surface area contributed by atoms with E-state index in [1.807, 2.05) is 36.4 Å². The number of aromatic nitrogens is 3. The van der Waals surface area contributed by atoms with Crippen LogP contribution in [-0.4, -0.2) is 45.1 Å². The molecule has 3 aromatic carbocycles. The molecular weight excluding hydrogens is 516 g/mol. The third kappa shape index (κ3) is 5.50. The number of hydrogen-bond donors (Lipinski definition) is 3. The molecule has 2 aromatic heterocycles. The van der Waals surface area contributed by atoms with Crippen molar-refractivity contribution in [3.05, 3.63) is 89.7 Å². The van der Waals surface area contributed by atoms with E-state index in [1.165, 1.54) is 26.4 Å². The molecule has 8 heteroatoms. The van der Waals surface area contributed by atoms with Crippen molar-refractivity contribution in [2.75, 3.05) is 7.11 Å². The van der Waals surface area contributed by atoms with Crippen LogP contribution in [0.1, 0.15) is 59.6 Å². The molecule has 1 amide bonds. The van der Waals surface area contributed by atoms with E-state index in [2.05, 4.69) is 10.3 Å². The molecule has 5 aromatic rings. The number of carbonyl (C=O) groups is 2. The Morgan fingerprint density at radius 3 is 2.59 bits per heavy atom. The molecule has 8 nitrogen and oxygen atoms in total. The number of nitrogens with zero attached hydrogens (tertiary/aromatic N) is 2. The quantitative estimate of drug-likeness (QED) is 0.213. The predicted molar refractivity (Wildman–Crippen MR) is 158 cm³/mol. The van der Waals surface area contributed by atoms with E-state index in [-0.39, 0.29) is 12.2 Å². The standard InChI is InChI=1S/C33H32N4O4/c1-41-33(40)29(17-23-19-34-26-15-13-24(38)18-25(23)26)37-32(39)22-12-14-27-28(16-22)36-31(21-10-6-3-7-11-21)30(35-27)20-8-4-2-5-9-20/h3,6-7,10-16,18-20,29,34,38H,2,4-5,8-9,17H2,1H3,(H,37,39)/t29-/m0/s1. The molecule has 1 aliphatic rings. The molecule has 0 spiro atoms. The van der Waals surface area contributed by atoms with Crippen molar-refractivity contribution in [2.45, 2.75) is 50.5 Å². The van der Waals surface area contributed by atoms with E-state index < -0.39 is 17.9 Å². The molecule has 0 saturated heterocycles. The summed E-state index contributed by atoms with van der Waals surface area (Å²) in [6.45, 7) is 0. The average Bonchev–Trinajstić information content (AvgIpc) is 3.41. The molecule has 2 heterocycles. The van der Waals surface area contributed by atoms with E-state index in [9.17, 15) is 14.7 Å². The van der Waals surface area contributed by atoms with Gasteiger partial charge in [0.2, 0.25) is 0 Å². The largest absolute Gasteiger partial charge is 0.508 e. The number of fused-ring (bicyclic) bond motifs is 2. The van der Waals surface area contributed by atoms with E-state index in [0.29, 0.717) is 17.0 Å². The third-order valence-electron chi connectivity index (χ3n) is 7.96. The smallest absolute Gasteiger partial charge is 0.328 e. The highest BCUT2D eigenvalue weighted by molar-refractivity contribution is 5.99. The Balaban J connectivity index is 1.31. The van der Waals surface area contributed by atoms with Gasteiger partial charge in [-0.25, -0.2) is 14.8 Å². The number of aromatic hydroxyl groups is 1. The molecule has 0 radical (unpaired) electrons. The van der Waals surface area contributed by atoms with Gasteiger partial charge in [0.25, 0.3) is 5.91 Å². The summed E-state index contributed by atoms with van der Waals surface area (Å²) in [5, 5.41) is 13.6. The molecule has 1 fully saturated rings. The maximum Gasteiger partial charge on any atom is 0.328 e. The molecule has 1 aliphatic carbocycles. The second-order valence-corrected chi connectivity index (χ2v) is 10.7. The molecule has 6 rings (SSSR count). The van der Waals surface area contributed by atoms with Crippen LogP contribution in [0.25, 0.3) is 33.2 Å². The lowest BCUT2D eigenvalue weighted by molar-refractivity contribution is -0.142. The van der Waals surface area contributed by atoms with Crippen molar-refractivity contribution in [3.63, 3.8) is 0 Å². The zero-order valence-corrected chi connectivity index (χ0v) is 22.9. The summed E-state index contributed by atoms with van der Waals surface area (Å²) in [6, 6.07) is 19.4. The Labute approximate surface area is 237 Å². The summed E-state index contributed by atoms with van der Waals surface area (Å²) in [7, 11) is 1.29. The van der Waals surface area contributed by atoms with Crippen LogP contribution in [0.2, 0.25) is 0 Å². The highest BCUT2D eigenvalue weighted by atomic mass is 16.5. The van der Waals surface area contributed by atoms with Gasteiger partial charge in [0.05, 0.1) is 29.5 Å². The fourth-order valence-corrected chi connectivity index (χ4v) is 5.81. The number of carbonyl (C=O) groups excluding carboxylic acids is 2. The lowest BCUT2D eigenvalue weighted by atomic mass is 9.85. The molecule has 0 unspecified atom stereocenters. The van der Waals surface area contributed by atoms with Gasteiger partial charge in [-0.15, -0.1) is 0 Å². The number of phenolic OH excluding ortho intramolecular Hbond substituents is 1. The number of aromatic amines is 1. The number of ether oxygens (including phenoxy) is 1. The summed E-state index contributed by atoms with van der Waals surface area (Å²) in [5.74, 6) is -0.483. The number of rotatable bonds is 7. The van der Waals surface area contributed by atoms with Crippen molar-refractivity contribution in [1.29, 1.82) is 0 Å². The number of methoxy groups -OCH3 is 1. The Bertz CT molecular complexity index is 1720. The zero-order valence-electron chi connectivity index (χ0n) is 22.9. The molecular formula is C33H32N4O4. The van der Waals surface area contributed by atoms with Crippen molar-refractivity contribution in [3.8, 4) is 17.0 Å². The molecule has 0 aliphatic heterocycles. The van der Waals surface area contributed by atoms with Gasteiger partial charge in [0, 0.05) is 40.6 Å². The van der Waals surface area contributed by atoms with E-state index in [1.54, 1.807) is 36.5 Å².